The van der Waals surface area contributed by atoms with E-state index in [1.807, 2.05) is 4.90 Å². The largest absolute Gasteiger partial charge is 0.416 e. The van der Waals surface area contributed by atoms with E-state index in [1.54, 1.807) is 4.90 Å². The molecular formula is C15H18ClF3N4O. The van der Waals surface area contributed by atoms with Crippen molar-refractivity contribution < 1.29 is 18.0 Å². The highest BCUT2D eigenvalue weighted by Gasteiger charge is 2.32. The molecule has 2 N–H and O–H groups in total. The first-order chi connectivity index (χ1) is 11.2. The summed E-state index contributed by atoms with van der Waals surface area (Å²) in [4.78, 5) is 19.0. The maximum Gasteiger partial charge on any atom is 0.416 e. The number of rotatable bonds is 3. The monoisotopic (exact) mass is 362 g/mol. The van der Waals surface area contributed by atoms with Crippen molar-refractivity contribution in [2.75, 3.05) is 37.0 Å². The van der Waals surface area contributed by atoms with Crippen LogP contribution in [0, 0.1) is 0 Å². The topological polar surface area (TPSA) is 61.9 Å². The molecule has 0 bridgehead atoms. The predicted octanol–water partition coefficient (Wildman–Crippen LogP) is 2.60. The molecule has 1 aliphatic rings. The lowest BCUT2D eigenvalue weighted by Crippen LogP contribution is -2.48. The normalized spacial score (nSPS) is 16.5. The Labute approximate surface area is 142 Å². The Bertz CT molecular complexity index is 640. The Hall–Kier alpha value is -1.96. The Morgan fingerprint density at radius 3 is 2.42 bits per heavy atom. The number of alkyl halides is 4. The smallest absolute Gasteiger partial charge is 0.386 e. The van der Waals surface area contributed by atoms with Crippen LogP contribution in [0.25, 0.3) is 0 Å². The van der Waals surface area contributed by atoms with E-state index >= 15 is 0 Å². The van der Waals surface area contributed by atoms with Gasteiger partial charge < -0.3 is 15.5 Å². The van der Waals surface area contributed by atoms with Crippen molar-refractivity contribution in [1.82, 2.24) is 4.90 Å². The van der Waals surface area contributed by atoms with E-state index in [0.29, 0.717) is 31.9 Å². The minimum Gasteiger partial charge on any atom is -0.386 e. The number of benzene rings is 1. The molecule has 2 rings (SSSR count). The second-order valence-corrected chi connectivity index (χ2v) is 5.70. The average Bonchev–Trinajstić information content (AvgIpc) is 2.54. The Kier molecular flexibility index (Phi) is 5.58. The molecule has 1 saturated heterocycles. The summed E-state index contributed by atoms with van der Waals surface area (Å²) in [6.07, 6.45) is -4.47. The Morgan fingerprint density at radius 2 is 1.92 bits per heavy atom. The number of carbonyl (C=O) groups excluding carboxylic acids is 1. The van der Waals surface area contributed by atoms with Gasteiger partial charge in [-0.2, -0.15) is 13.2 Å². The second kappa shape index (κ2) is 7.29. The van der Waals surface area contributed by atoms with Gasteiger partial charge in [-0.15, -0.1) is 11.6 Å². The molecule has 0 saturated carbocycles. The first kappa shape index (κ1) is 18.4. The van der Waals surface area contributed by atoms with Crippen LogP contribution in [0.3, 0.4) is 0 Å². The average molecular weight is 363 g/mol. The van der Waals surface area contributed by atoms with Gasteiger partial charge in [-0.05, 0) is 18.2 Å². The number of hydrogen-bond acceptors (Lipinski definition) is 3. The highest BCUT2D eigenvalue weighted by Crippen LogP contribution is 2.37. The summed E-state index contributed by atoms with van der Waals surface area (Å²) < 4.78 is 38.8. The van der Waals surface area contributed by atoms with E-state index in [9.17, 15) is 18.0 Å². The Morgan fingerprint density at radius 1 is 1.29 bits per heavy atom. The predicted molar refractivity (Wildman–Crippen MR) is 87.9 cm³/mol. The molecule has 9 heteroatoms. The lowest BCUT2D eigenvalue weighted by atomic mass is 10.1. The van der Waals surface area contributed by atoms with Gasteiger partial charge in [0.15, 0.2) is 0 Å². The SMILES string of the molecule is CC(=O)N1CCN(c2ccc(C(F)(F)F)cc2N=C(N)CCl)CC1. The highest BCUT2D eigenvalue weighted by molar-refractivity contribution is 6.28. The lowest BCUT2D eigenvalue weighted by molar-refractivity contribution is -0.137. The van der Waals surface area contributed by atoms with E-state index in [-0.39, 0.29) is 23.3 Å². The summed E-state index contributed by atoms with van der Waals surface area (Å²) in [7, 11) is 0. The van der Waals surface area contributed by atoms with E-state index in [0.717, 1.165) is 12.1 Å². The van der Waals surface area contributed by atoms with Gasteiger partial charge in [-0.1, -0.05) is 0 Å². The van der Waals surface area contributed by atoms with Crippen LogP contribution in [-0.2, 0) is 11.0 Å². The number of anilines is 1. The first-order valence-corrected chi connectivity index (χ1v) is 7.86. The number of halogens is 4. The van der Waals surface area contributed by atoms with Crippen LogP contribution in [0.1, 0.15) is 12.5 Å². The molecule has 24 heavy (non-hydrogen) atoms. The molecule has 1 aromatic rings. The molecule has 0 unspecified atom stereocenters. The van der Waals surface area contributed by atoms with Crippen molar-refractivity contribution in [3.05, 3.63) is 23.8 Å². The minimum absolute atomic E-state index is 0.0216. The summed E-state index contributed by atoms with van der Waals surface area (Å²) in [6.45, 7) is 3.52. The molecule has 0 spiro atoms. The van der Waals surface area contributed by atoms with Gasteiger partial charge in [0.2, 0.25) is 5.91 Å². The molecule has 1 aliphatic heterocycles. The first-order valence-electron chi connectivity index (χ1n) is 7.33. The van der Waals surface area contributed by atoms with Crippen molar-refractivity contribution >= 4 is 34.7 Å². The zero-order chi connectivity index (χ0) is 17.9. The summed E-state index contributed by atoms with van der Waals surface area (Å²) in [5.41, 5.74) is 5.46. The lowest BCUT2D eigenvalue weighted by Gasteiger charge is -2.36. The number of nitrogens with zero attached hydrogens (tertiary/aromatic N) is 3. The molecule has 1 fully saturated rings. The van der Waals surface area contributed by atoms with Crippen molar-refractivity contribution in [1.29, 1.82) is 0 Å². The standard InChI is InChI=1S/C15H18ClF3N4O/c1-10(24)22-4-6-23(7-5-22)13-3-2-11(15(17,18)19)8-12(13)21-14(20)9-16/h2-3,8H,4-7,9H2,1H3,(H2,20,21). The molecular weight excluding hydrogens is 345 g/mol. The van der Waals surface area contributed by atoms with Crippen LogP contribution >= 0.6 is 11.6 Å². The summed E-state index contributed by atoms with van der Waals surface area (Å²) in [5.74, 6) is -0.0559. The molecule has 0 radical (unpaired) electrons. The van der Waals surface area contributed by atoms with Crippen molar-refractivity contribution in [2.24, 2.45) is 10.7 Å². The summed E-state index contributed by atoms with van der Waals surface area (Å²) in [6, 6.07) is 3.36. The Balaban J connectivity index is 2.34. The van der Waals surface area contributed by atoms with Crippen LogP contribution in [0.15, 0.2) is 23.2 Å². The molecule has 0 aromatic heterocycles. The van der Waals surface area contributed by atoms with Crippen LogP contribution in [0.4, 0.5) is 24.5 Å². The number of aliphatic imine (C=N–C) groups is 1. The second-order valence-electron chi connectivity index (χ2n) is 5.43. The van der Waals surface area contributed by atoms with Crippen molar-refractivity contribution in [3.63, 3.8) is 0 Å². The fraction of sp³-hybridized carbons (Fsp3) is 0.467. The number of piperazine rings is 1. The third kappa shape index (κ3) is 4.31. The maximum absolute atomic E-state index is 12.9. The third-order valence-corrected chi connectivity index (χ3v) is 4.04. The minimum atomic E-state index is -4.47. The quantitative estimate of drug-likeness (QED) is 0.511. The van der Waals surface area contributed by atoms with Gasteiger partial charge in [-0.3, -0.25) is 4.79 Å². The molecule has 0 atom stereocenters. The van der Waals surface area contributed by atoms with Gasteiger partial charge >= 0.3 is 6.18 Å². The zero-order valence-electron chi connectivity index (χ0n) is 13.1. The van der Waals surface area contributed by atoms with E-state index in [2.05, 4.69) is 4.99 Å². The molecule has 0 aliphatic carbocycles. The van der Waals surface area contributed by atoms with Gasteiger partial charge in [0, 0.05) is 33.1 Å². The molecule has 132 valence electrons. The molecule has 1 heterocycles. The molecule has 1 aromatic carbocycles. The fourth-order valence-corrected chi connectivity index (χ4v) is 2.56. The summed E-state index contributed by atoms with van der Waals surface area (Å²) in [5, 5.41) is 0. The van der Waals surface area contributed by atoms with E-state index in [1.165, 1.54) is 13.0 Å². The fourth-order valence-electron chi connectivity index (χ4n) is 2.50. The summed E-state index contributed by atoms with van der Waals surface area (Å²) >= 11 is 5.59. The molecule has 1 amide bonds. The number of carbonyl (C=O) groups is 1. The van der Waals surface area contributed by atoms with Crippen LogP contribution < -0.4 is 10.6 Å². The number of amides is 1. The molecule has 5 nitrogen and oxygen atoms in total. The number of nitrogens with two attached hydrogens (primary N) is 1. The van der Waals surface area contributed by atoms with Crippen LogP contribution in [0.5, 0.6) is 0 Å². The van der Waals surface area contributed by atoms with Gasteiger partial charge in [0.1, 0.15) is 5.84 Å². The van der Waals surface area contributed by atoms with Crippen LogP contribution in [0.2, 0.25) is 0 Å². The van der Waals surface area contributed by atoms with Crippen molar-refractivity contribution in [2.45, 2.75) is 13.1 Å². The van der Waals surface area contributed by atoms with Gasteiger partial charge in [0.05, 0.1) is 22.8 Å². The van der Waals surface area contributed by atoms with E-state index in [4.69, 9.17) is 17.3 Å². The third-order valence-electron chi connectivity index (χ3n) is 3.77. The maximum atomic E-state index is 12.9. The van der Waals surface area contributed by atoms with Gasteiger partial charge in [-0.25, -0.2) is 4.99 Å². The zero-order valence-corrected chi connectivity index (χ0v) is 13.9. The highest BCUT2D eigenvalue weighted by atomic mass is 35.5. The van der Waals surface area contributed by atoms with E-state index < -0.39 is 11.7 Å². The van der Waals surface area contributed by atoms with Gasteiger partial charge in [0.25, 0.3) is 0 Å². The number of hydrogen-bond donors (Lipinski definition) is 1. The number of amidine groups is 1. The van der Waals surface area contributed by atoms with Crippen LogP contribution in [-0.4, -0.2) is 48.7 Å². The van der Waals surface area contributed by atoms with Crippen molar-refractivity contribution in [3.8, 4) is 0 Å².